The molecule has 1 aliphatic carbocycles. The van der Waals surface area contributed by atoms with Gasteiger partial charge in [0.15, 0.2) is 5.60 Å². The molecule has 2 aliphatic rings. The maximum atomic E-state index is 12.4. The van der Waals surface area contributed by atoms with E-state index < -0.39 is 11.5 Å². The number of hydrogen-bond acceptors (Lipinski definition) is 5. The lowest BCUT2D eigenvalue weighted by molar-refractivity contribution is -0.150. The van der Waals surface area contributed by atoms with E-state index in [1.165, 1.54) is 0 Å². The number of amides is 2. The third kappa shape index (κ3) is 2.73. The molecular weight excluding hydrogens is 272 g/mol. The van der Waals surface area contributed by atoms with Gasteiger partial charge in [0, 0.05) is 24.9 Å². The number of hydrogen-bond donors (Lipinski definition) is 1. The fourth-order valence-electron chi connectivity index (χ4n) is 2.38. The van der Waals surface area contributed by atoms with Crippen molar-refractivity contribution in [3.05, 3.63) is 23.8 Å². The molecule has 112 valence electrons. The normalized spacial score (nSPS) is 25.7. The smallest absolute Gasteiger partial charge is 0.257 e. The monoisotopic (exact) mass is 290 g/mol. The van der Waals surface area contributed by atoms with Crippen molar-refractivity contribution in [1.82, 2.24) is 14.9 Å². The second kappa shape index (κ2) is 5.07. The summed E-state index contributed by atoms with van der Waals surface area (Å²) in [5.74, 6) is 0.486. The summed E-state index contributed by atoms with van der Waals surface area (Å²) < 4.78 is 5.40. The molecule has 0 aromatic carbocycles. The molecule has 1 unspecified atom stereocenters. The lowest BCUT2D eigenvalue weighted by Crippen LogP contribution is -2.58. The molecular formula is C14H18N4O3. The second-order valence-electron chi connectivity index (χ2n) is 5.77. The fraction of sp³-hybridized carbons (Fsp3) is 0.571. The molecule has 21 heavy (non-hydrogen) atoms. The average molecular weight is 290 g/mol. The highest BCUT2D eigenvalue weighted by atomic mass is 16.5. The van der Waals surface area contributed by atoms with Gasteiger partial charge in [-0.3, -0.25) is 9.59 Å². The van der Waals surface area contributed by atoms with Gasteiger partial charge in [-0.2, -0.15) is 0 Å². The Morgan fingerprint density at radius 3 is 2.62 bits per heavy atom. The first-order chi connectivity index (χ1) is 9.99. The molecule has 2 N–H and O–H groups in total. The van der Waals surface area contributed by atoms with Crippen molar-refractivity contribution in [2.24, 2.45) is 5.73 Å². The quantitative estimate of drug-likeness (QED) is 0.849. The number of morpholine rings is 1. The molecule has 2 amide bonds. The van der Waals surface area contributed by atoms with Crippen LogP contribution in [0.15, 0.2) is 12.4 Å². The van der Waals surface area contributed by atoms with Gasteiger partial charge in [0.25, 0.3) is 11.8 Å². The zero-order valence-corrected chi connectivity index (χ0v) is 11.9. The molecule has 1 saturated heterocycles. The highest BCUT2D eigenvalue weighted by Gasteiger charge is 2.39. The number of rotatable bonds is 3. The lowest BCUT2D eigenvalue weighted by Gasteiger charge is -2.38. The van der Waals surface area contributed by atoms with Gasteiger partial charge in [-0.05, 0) is 19.8 Å². The third-order valence-electron chi connectivity index (χ3n) is 3.94. The van der Waals surface area contributed by atoms with E-state index in [1.807, 2.05) is 0 Å². The van der Waals surface area contributed by atoms with Crippen LogP contribution in [0.1, 0.15) is 41.9 Å². The number of carbonyl (C=O) groups excluding carboxylic acids is 2. The molecule has 2 heterocycles. The van der Waals surface area contributed by atoms with E-state index in [1.54, 1.807) is 24.2 Å². The largest absolute Gasteiger partial charge is 0.367 e. The Hall–Kier alpha value is -2.02. The Balaban J connectivity index is 1.73. The number of aromatic nitrogens is 2. The summed E-state index contributed by atoms with van der Waals surface area (Å²) in [5.41, 5.74) is 4.62. The molecule has 1 aliphatic heterocycles. The van der Waals surface area contributed by atoms with E-state index in [4.69, 9.17) is 10.5 Å². The van der Waals surface area contributed by atoms with Crippen molar-refractivity contribution in [2.45, 2.75) is 31.3 Å². The van der Waals surface area contributed by atoms with E-state index >= 15 is 0 Å². The Labute approximate surface area is 122 Å². The van der Waals surface area contributed by atoms with Crippen LogP contribution in [0.2, 0.25) is 0 Å². The van der Waals surface area contributed by atoms with Crippen LogP contribution in [-0.4, -0.2) is 52.0 Å². The van der Waals surface area contributed by atoms with Crippen LogP contribution in [0, 0.1) is 0 Å². The van der Waals surface area contributed by atoms with Gasteiger partial charge in [0.2, 0.25) is 0 Å². The first-order valence-corrected chi connectivity index (χ1v) is 7.05. The van der Waals surface area contributed by atoms with Crippen molar-refractivity contribution >= 4 is 11.8 Å². The Kier molecular flexibility index (Phi) is 3.36. The third-order valence-corrected chi connectivity index (χ3v) is 3.94. The molecule has 1 aromatic rings. The molecule has 1 atom stereocenters. The zero-order valence-electron chi connectivity index (χ0n) is 11.9. The molecule has 0 bridgehead atoms. The number of ether oxygens (including phenoxy) is 1. The van der Waals surface area contributed by atoms with Gasteiger partial charge in [-0.1, -0.05) is 0 Å². The van der Waals surface area contributed by atoms with E-state index in [9.17, 15) is 9.59 Å². The summed E-state index contributed by atoms with van der Waals surface area (Å²) in [6.07, 6.45) is 5.35. The standard InChI is InChI=1S/C14H18N4O3/c1-14(13(15)20)8-18(4-5-21-14)12(19)10-6-16-11(17-7-10)9-2-3-9/h6-7,9H,2-5,8H2,1H3,(H2,15,20). The molecule has 2 fully saturated rings. The van der Waals surface area contributed by atoms with Crippen LogP contribution in [0.4, 0.5) is 0 Å². The SMILES string of the molecule is CC1(C(N)=O)CN(C(=O)c2cnc(C3CC3)nc2)CCO1. The van der Waals surface area contributed by atoms with Crippen LogP contribution in [0.25, 0.3) is 0 Å². The van der Waals surface area contributed by atoms with Crippen LogP contribution >= 0.6 is 0 Å². The summed E-state index contributed by atoms with van der Waals surface area (Å²) in [4.78, 5) is 33.9. The van der Waals surface area contributed by atoms with Crippen molar-refractivity contribution in [3.8, 4) is 0 Å². The minimum atomic E-state index is -1.14. The number of primary amides is 1. The van der Waals surface area contributed by atoms with Crippen LogP contribution in [0.5, 0.6) is 0 Å². The van der Waals surface area contributed by atoms with Crippen molar-refractivity contribution in [2.75, 3.05) is 19.7 Å². The molecule has 7 heteroatoms. The van der Waals surface area contributed by atoms with Gasteiger partial charge in [0.05, 0.1) is 18.7 Å². The van der Waals surface area contributed by atoms with Crippen molar-refractivity contribution in [3.63, 3.8) is 0 Å². The Morgan fingerprint density at radius 1 is 1.38 bits per heavy atom. The number of carbonyl (C=O) groups is 2. The van der Waals surface area contributed by atoms with E-state index in [0.717, 1.165) is 18.7 Å². The lowest BCUT2D eigenvalue weighted by atomic mass is 10.0. The predicted octanol–water partition coefficient (Wildman–Crippen LogP) is 0.0704. The number of nitrogens with two attached hydrogens (primary N) is 1. The highest BCUT2D eigenvalue weighted by Crippen LogP contribution is 2.37. The Bertz CT molecular complexity index is 570. The minimum absolute atomic E-state index is 0.144. The molecule has 1 saturated carbocycles. The minimum Gasteiger partial charge on any atom is -0.367 e. The van der Waals surface area contributed by atoms with E-state index in [2.05, 4.69) is 9.97 Å². The summed E-state index contributed by atoms with van der Waals surface area (Å²) in [6, 6.07) is 0. The molecule has 7 nitrogen and oxygen atoms in total. The molecule has 0 spiro atoms. The highest BCUT2D eigenvalue weighted by molar-refractivity contribution is 5.94. The zero-order chi connectivity index (χ0) is 15.0. The summed E-state index contributed by atoms with van der Waals surface area (Å²) >= 11 is 0. The fourth-order valence-corrected chi connectivity index (χ4v) is 2.38. The van der Waals surface area contributed by atoms with E-state index in [0.29, 0.717) is 18.0 Å². The summed E-state index contributed by atoms with van der Waals surface area (Å²) in [7, 11) is 0. The molecule has 0 radical (unpaired) electrons. The van der Waals surface area contributed by atoms with Gasteiger partial charge < -0.3 is 15.4 Å². The first-order valence-electron chi connectivity index (χ1n) is 7.05. The predicted molar refractivity (Wildman–Crippen MR) is 73.5 cm³/mol. The number of nitrogens with zero attached hydrogens (tertiary/aromatic N) is 3. The maximum Gasteiger partial charge on any atom is 0.257 e. The second-order valence-corrected chi connectivity index (χ2v) is 5.77. The van der Waals surface area contributed by atoms with Gasteiger partial charge in [-0.25, -0.2) is 9.97 Å². The van der Waals surface area contributed by atoms with Gasteiger partial charge >= 0.3 is 0 Å². The molecule has 1 aromatic heterocycles. The van der Waals surface area contributed by atoms with Crippen molar-refractivity contribution < 1.29 is 14.3 Å². The summed E-state index contributed by atoms with van der Waals surface area (Å²) in [6.45, 7) is 2.45. The van der Waals surface area contributed by atoms with Gasteiger partial charge in [-0.15, -0.1) is 0 Å². The topological polar surface area (TPSA) is 98.4 Å². The van der Waals surface area contributed by atoms with Gasteiger partial charge in [0.1, 0.15) is 5.82 Å². The van der Waals surface area contributed by atoms with Crippen molar-refractivity contribution in [1.29, 1.82) is 0 Å². The Morgan fingerprint density at radius 2 is 2.05 bits per heavy atom. The average Bonchev–Trinajstić information content (AvgIpc) is 3.31. The molecule has 3 rings (SSSR count). The first kappa shape index (κ1) is 13.9. The van der Waals surface area contributed by atoms with Crippen LogP contribution in [-0.2, 0) is 9.53 Å². The summed E-state index contributed by atoms with van der Waals surface area (Å²) in [5, 5.41) is 0. The maximum absolute atomic E-state index is 12.4. The van der Waals surface area contributed by atoms with Crippen LogP contribution < -0.4 is 5.73 Å². The van der Waals surface area contributed by atoms with E-state index in [-0.39, 0.29) is 19.1 Å². The van der Waals surface area contributed by atoms with Crippen LogP contribution in [0.3, 0.4) is 0 Å².